The van der Waals surface area contributed by atoms with Crippen molar-refractivity contribution in [2.75, 3.05) is 4.90 Å². The fraction of sp³-hybridized carbons (Fsp3) is 0.214. The van der Waals surface area contributed by atoms with Crippen LogP contribution in [0.25, 0.3) is 0 Å². The largest absolute Gasteiger partial charge is 0.416 e. The van der Waals surface area contributed by atoms with Crippen LogP contribution in [0.3, 0.4) is 0 Å². The predicted molar refractivity (Wildman–Crippen MR) is 85.1 cm³/mol. The minimum atomic E-state index is -4.49. The quantitative estimate of drug-likeness (QED) is 0.600. The Morgan fingerprint density at radius 3 is 2.83 bits per heavy atom. The van der Waals surface area contributed by atoms with E-state index in [1.165, 1.54) is 19.1 Å². The first-order valence-electron chi connectivity index (χ1n) is 6.29. The lowest BCUT2D eigenvalue weighted by Gasteiger charge is -2.19. The molecule has 0 saturated carbocycles. The number of thiocarbonyl (C=S) groups is 1. The highest BCUT2D eigenvalue weighted by molar-refractivity contribution is 7.78. The van der Waals surface area contributed by atoms with Gasteiger partial charge in [-0.1, -0.05) is 6.07 Å². The Morgan fingerprint density at radius 2 is 2.22 bits per heavy atom. The van der Waals surface area contributed by atoms with Crippen molar-refractivity contribution in [1.29, 1.82) is 0 Å². The van der Waals surface area contributed by atoms with E-state index in [0.717, 1.165) is 28.4 Å². The summed E-state index contributed by atoms with van der Waals surface area (Å²) < 4.78 is 38.5. The molecule has 1 aromatic heterocycles. The molecular weight excluding hydrogens is 347 g/mol. The molecular formula is C14H10F3N3OS2. The number of thiazole rings is 1. The van der Waals surface area contributed by atoms with Gasteiger partial charge >= 0.3 is 6.18 Å². The Hall–Kier alpha value is -2.09. The molecule has 120 valence electrons. The molecule has 0 radical (unpaired) electrons. The van der Waals surface area contributed by atoms with E-state index >= 15 is 0 Å². The predicted octanol–water partition coefficient (Wildman–Crippen LogP) is 4.45. The lowest BCUT2D eigenvalue weighted by Crippen LogP contribution is -2.23. The average molecular weight is 357 g/mol. The summed E-state index contributed by atoms with van der Waals surface area (Å²) in [5, 5.41) is 4.13. The molecule has 0 N–H and O–H groups in total. The molecule has 0 bridgehead atoms. The topological polar surface area (TPSA) is 45.6 Å². The van der Waals surface area contributed by atoms with E-state index in [-0.39, 0.29) is 17.4 Å². The molecule has 9 heteroatoms. The molecule has 0 fully saturated rings. The van der Waals surface area contributed by atoms with Gasteiger partial charge in [-0.25, -0.2) is 9.98 Å². The Balaban J connectivity index is 2.41. The fourth-order valence-electron chi connectivity index (χ4n) is 1.83. The Kier molecular flexibility index (Phi) is 5.25. The minimum Gasteiger partial charge on any atom is -0.274 e. The molecule has 1 amide bonds. The number of aliphatic imine (C=N–C) groups is 1. The summed E-state index contributed by atoms with van der Waals surface area (Å²) in [6, 6.07) is 4.53. The number of halogens is 3. The Bertz CT molecular complexity index is 767. The number of hydrogen-bond donors (Lipinski definition) is 0. The van der Waals surface area contributed by atoms with Crippen LogP contribution in [0.15, 0.2) is 34.6 Å². The van der Waals surface area contributed by atoms with Gasteiger partial charge < -0.3 is 0 Å². The first kappa shape index (κ1) is 17.3. The van der Waals surface area contributed by atoms with Gasteiger partial charge in [-0.05, 0) is 30.4 Å². The van der Waals surface area contributed by atoms with Crippen LogP contribution >= 0.6 is 23.6 Å². The SMILES string of the molecule is CC(=O)N(c1cccc(C(F)(F)F)c1)c1nc(CN=C=S)cs1. The van der Waals surface area contributed by atoms with Crippen molar-refractivity contribution in [1.82, 2.24) is 4.98 Å². The molecule has 0 aliphatic carbocycles. The van der Waals surface area contributed by atoms with Crippen LogP contribution in [0.1, 0.15) is 18.2 Å². The Morgan fingerprint density at radius 1 is 1.48 bits per heavy atom. The highest BCUT2D eigenvalue weighted by Gasteiger charge is 2.31. The average Bonchev–Trinajstić information content (AvgIpc) is 2.93. The van der Waals surface area contributed by atoms with E-state index < -0.39 is 17.6 Å². The molecule has 1 heterocycles. The molecule has 0 unspecified atom stereocenters. The normalized spacial score (nSPS) is 11.0. The number of rotatable bonds is 4. The third-order valence-corrected chi connectivity index (χ3v) is 3.79. The number of amides is 1. The summed E-state index contributed by atoms with van der Waals surface area (Å²) in [4.78, 5) is 21.0. The number of carbonyl (C=O) groups is 1. The van der Waals surface area contributed by atoms with Gasteiger partial charge in [-0.3, -0.25) is 9.69 Å². The fourth-order valence-corrected chi connectivity index (χ4v) is 2.78. The van der Waals surface area contributed by atoms with Crippen LogP contribution in [-0.2, 0) is 17.5 Å². The lowest BCUT2D eigenvalue weighted by atomic mass is 10.2. The number of aromatic nitrogens is 1. The van der Waals surface area contributed by atoms with E-state index in [1.54, 1.807) is 5.38 Å². The van der Waals surface area contributed by atoms with Crippen LogP contribution in [0.4, 0.5) is 24.0 Å². The minimum absolute atomic E-state index is 0.103. The number of anilines is 2. The molecule has 1 aromatic carbocycles. The number of hydrogen-bond acceptors (Lipinski definition) is 5. The summed E-state index contributed by atoms with van der Waals surface area (Å²) in [7, 11) is 0. The zero-order chi connectivity index (χ0) is 17.0. The van der Waals surface area contributed by atoms with Gasteiger partial charge in [0.25, 0.3) is 0 Å². The third-order valence-electron chi connectivity index (χ3n) is 2.78. The van der Waals surface area contributed by atoms with E-state index in [4.69, 9.17) is 0 Å². The van der Waals surface area contributed by atoms with Gasteiger partial charge in [0.15, 0.2) is 5.13 Å². The van der Waals surface area contributed by atoms with Crippen molar-refractivity contribution in [2.24, 2.45) is 4.99 Å². The van der Waals surface area contributed by atoms with Crippen molar-refractivity contribution >= 4 is 45.4 Å². The maximum absolute atomic E-state index is 12.8. The third kappa shape index (κ3) is 4.22. The van der Waals surface area contributed by atoms with Gasteiger partial charge in [0, 0.05) is 12.3 Å². The second kappa shape index (κ2) is 6.99. The molecule has 0 saturated heterocycles. The van der Waals surface area contributed by atoms with Crippen LogP contribution < -0.4 is 4.90 Å². The van der Waals surface area contributed by atoms with Gasteiger partial charge in [-0.15, -0.1) is 11.3 Å². The van der Waals surface area contributed by atoms with Crippen LogP contribution in [-0.4, -0.2) is 16.1 Å². The number of benzene rings is 1. The molecule has 2 aromatic rings. The molecule has 0 aliphatic rings. The van der Waals surface area contributed by atoms with E-state index in [0.29, 0.717) is 5.69 Å². The van der Waals surface area contributed by atoms with E-state index in [2.05, 4.69) is 27.4 Å². The van der Waals surface area contributed by atoms with Gasteiger partial charge in [0.2, 0.25) is 5.91 Å². The number of alkyl halides is 3. The van der Waals surface area contributed by atoms with Crippen LogP contribution in [0, 0.1) is 0 Å². The lowest BCUT2D eigenvalue weighted by molar-refractivity contribution is -0.137. The number of isothiocyanates is 1. The van der Waals surface area contributed by atoms with E-state index in [9.17, 15) is 18.0 Å². The molecule has 4 nitrogen and oxygen atoms in total. The van der Waals surface area contributed by atoms with Crippen molar-refractivity contribution in [2.45, 2.75) is 19.6 Å². The van der Waals surface area contributed by atoms with Crippen molar-refractivity contribution in [3.8, 4) is 0 Å². The monoisotopic (exact) mass is 357 g/mol. The summed E-state index contributed by atoms with van der Waals surface area (Å²) in [6.45, 7) is 1.46. The first-order chi connectivity index (χ1) is 10.8. The van der Waals surface area contributed by atoms with Crippen molar-refractivity contribution < 1.29 is 18.0 Å². The van der Waals surface area contributed by atoms with Crippen molar-refractivity contribution in [3.63, 3.8) is 0 Å². The summed E-state index contributed by atoms with van der Waals surface area (Å²) in [5.41, 5.74) is -0.171. The summed E-state index contributed by atoms with van der Waals surface area (Å²) in [6.07, 6.45) is -4.49. The number of carbonyl (C=O) groups excluding carboxylic acids is 1. The second-order valence-corrected chi connectivity index (χ2v) is 5.45. The van der Waals surface area contributed by atoms with Crippen LogP contribution in [0.5, 0.6) is 0 Å². The molecule has 23 heavy (non-hydrogen) atoms. The standard InChI is InChI=1S/C14H10F3N3OS2/c1-9(21)20(13-19-11(7-23-13)6-18-8-22)12-4-2-3-10(5-12)14(15,16)17/h2-5,7H,6H2,1H3. The summed E-state index contributed by atoms with van der Waals surface area (Å²) >= 11 is 5.60. The number of nitrogens with zero attached hydrogens (tertiary/aromatic N) is 3. The van der Waals surface area contributed by atoms with Gasteiger partial charge in [-0.2, -0.15) is 13.2 Å². The highest BCUT2D eigenvalue weighted by Crippen LogP contribution is 2.34. The Labute approximate surface area is 139 Å². The molecule has 0 atom stereocenters. The smallest absolute Gasteiger partial charge is 0.274 e. The van der Waals surface area contributed by atoms with E-state index in [1.807, 2.05) is 0 Å². The van der Waals surface area contributed by atoms with Gasteiger partial charge in [0.1, 0.15) is 0 Å². The summed E-state index contributed by atoms with van der Waals surface area (Å²) in [5.74, 6) is -0.441. The van der Waals surface area contributed by atoms with Gasteiger partial charge in [0.05, 0.1) is 28.7 Å². The maximum Gasteiger partial charge on any atom is 0.416 e. The second-order valence-electron chi connectivity index (χ2n) is 4.43. The van der Waals surface area contributed by atoms with Crippen molar-refractivity contribution in [3.05, 3.63) is 40.9 Å². The molecule has 0 spiro atoms. The zero-order valence-electron chi connectivity index (χ0n) is 11.8. The maximum atomic E-state index is 12.8. The first-order valence-corrected chi connectivity index (χ1v) is 7.57. The molecule has 2 rings (SSSR count). The highest BCUT2D eigenvalue weighted by atomic mass is 32.1. The van der Waals surface area contributed by atoms with Crippen LogP contribution in [0.2, 0.25) is 0 Å². The molecule has 0 aliphatic heterocycles. The zero-order valence-corrected chi connectivity index (χ0v) is 13.4.